The Morgan fingerprint density at radius 1 is 0.952 bits per heavy atom. The Morgan fingerprint density at radius 2 is 1.57 bits per heavy atom. The van der Waals surface area contributed by atoms with E-state index in [9.17, 15) is 0 Å². The van der Waals surface area contributed by atoms with Gasteiger partial charge >= 0.3 is 0 Å². The van der Waals surface area contributed by atoms with Crippen LogP contribution in [0.15, 0.2) is 24.3 Å². The lowest BCUT2D eigenvalue weighted by atomic mass is 10.1. The third-order valence-corrected chi connectivity index (χ3v) is 4.01. The Bertz CT molecular complexity index is 403. The lowest BCUT2D eigenvalue weighted by Gasteiger charge is -2.36. The maximum atomic E-state index is 3.46. The van der Waals surface area contributed by atoms with Gasteiger partial charge in [0.25, 0.3) is 0 Å². The first-order valence-electron chi connectivity index (χ1n) is 8.34. The maximum Gasteiger partial charge on any atom is 0.0367 e. The molecule has 0 aliphatic carbocycles. The minimum atomic E-state index is 0.540. The van der Waals surface area contributed by atoms with E-state index in [1.54, 1.807) is 0 Å². The van der Waals surface area contributed by atoms with Gasteiger partial charge in [0.2, 0.25) is 0 Å². The molecule has 1 N–H and O–H groups in total. The summed E-state index contributed by atoms with van der Waals surface area (Å²) in [4.78, 5) is 5.10. The molecule has 1 aromatic rings. The molecule has 0 unspecified atom stereocenters. The number of piperazine rings is 1. The molecule has 0 spiro atoms. The quantitative estimate of drug-likeness (QED) is 0.868. The number of hydrogen-bond donors (Lipinski definition) is 1. The molecule has 0 amide bonds. The van der Waals surface area contributed by atoms with Crippen molar-refractivity contribution in [1.29, 1.82) is 0 Å². The fourth-order valence-corrected chi connectivity index (χ4v) is 2.85. The predicted octanol–water partition coefficient (Wildman–Crippen LogP) is 2.96. The Labute approximate surface area is 130 Å². The number of hydrogen-bond acceptors (Lipinski definition) is 3. The molecule has 0 bridgehead atoms. The van der Waals surface area contributed by atoms with Gasteiger partial charge in [0.1, 0.15) is 0 Å². The molecule has 118 valence electrons. The number of nitrogens with zero attached hydrogens (tertiary/aromatic N) is 2. The summed E-state index contributed by atoms with van der Waals surface area (Å²) < 4.78 is 0. The Balaban J connectivity index is 1.83. The van der Waals surface area contributed by atoms with E-state index in [-0.39, 0.29) is 0 Å². The van der Waals surface area contributed by atoms with Gasteiger partial charge in [-0.15, -0.1) is 0 Å². The second-order valence-electron chi connectivity index (χ2n) is 6.88. The number of rotatable bonds is 6. The summed E-state index contributed by atoms with van der Waals surface area (Å²) in [6.45, 7) is 15.8. The van der Waals surface area contributed by atoms with Gasteiger partial charge in [-0.3, -0.25) is 4.90 Å². The third kappa shape index (κ3) is 5.33. The van der Waals surface area contributed by atoms with Crippen LogP contribution in [0, 0.1) is 5.92 Å². The lowest BCUT2D eigenvalue weighted by Crippen LogP contribution is -2.47. The molecule has 1 aliphatic rings. The van der Waals surface area contributed by atoms with Crippen LogP contribution in [0.5, 0.6) is 0 Å². The lowest BCUT2D eigenvalue weighted by molar-refractivity contribution is 0.231. The Morgan fingerprint density at radius 3 is 2.10 bits per heavy atom. The van der Waals surface area contributed by atoms with Gasteiger partial charge in [-0.05, 0) is 23.6 Å². The molecule has 1 fully saturated rings. The van der Waals surface area contributed by atoms with Crippen molar-refractivity contribution in [2.75, 3.05) is 37.6 Å². The second kappa shape index (κ2) is 7.81. The molecular formula is C18H31N3. The first-order valence-corrected chi connectivity index (χ1v) is 8.34. The van der Waals surface area contributed by atoms with E-state index in [2.05, 4.69) is 67.1 Å². The Kier molecular flexibility index (Phi) is 6.07. The van der Waals surface area contributed by atoms with Crippen molar-refractivity contribution in [2.45, 2.75) is 40.3 Å². The average Bonchev–Trinajstić information content (AvgIpc) is 2.46. The second-order valence-corrected chi connectivity index (χ2v) is 6.88. The molecule has 0 aromatic heterocycles. The van der Waals surface area contributed by atoms with Gasteiger partial charge in [0.05, 0.1) is 0 Å². The van der Waals surface area contributed by atoms with Crippen LogP contribution in [0.3, 0.4) is 0 Å². The van der Waals surface area contributed by atoms with Gasteiger partial charge in [0.15, 0.2) is 0 Å². The van der Waals surface area contributed by atoms with E-state index in [0.29, 0.717) is 6.04 Å². The van der Waals surface area contributed by atoms with E-state index in [0.717, 1.165) is 25.6 Å². The maximum absolute atomic E-state index is 3.46. The van der Waals surface area contributed by atoms with Gasteiger partial charge in [-0.25, -0.2) is 0 Å². The smallest absolute Gasteiger partial charge is 0.0367 e. The van der Waals surface area contributed by atoms with Crippen LogP contribution >= 0.6 is 0 Å². The summed E-state index contributed by atoms with van der Waals surface area (Å²) in [5, 5.41) is 3.46. The number of anilines is 1. The molecule has 1 saturated heterocycles. The first-order chi connectivity index (χ1) is 10.0. The first kappa shape index (κ1) is 16.3. The van der Waals surface area contributed by atoms with Crippen molar-refractivity contribution in [1.82, 2.24) is 10.2 Å². The van der Waals surface area contributed by atoms with E-state index in [1.807, 2.05) is 0 Å². The summed E-state index contributed by atoms with van der Waals surface area (Å²) in [6, 6.07) is 9.60. The van der Waals surface area contributed by atoms with Gasteiger partial charge in [-0.2, -0.15) is 0 Å². The largest absolute Gasteiger partial charge is 0.369 e. The number of benzene rings is 1. The highest BCUT2D eigenvalue weighted by molar-refractivity contribution is 5.48. The molecule has 3 nitrogen and oxygen atoms in total. The standard InChI is InChI=1S/C18H31N3/c1-15(2)14-20-9-11-21(12-10-20)18-7-5-17(6-8-18)13-19-16(3)4/h5-8,15-16,19H,9-14H2,1-4H3. The highest BCUT2D eigenvalue weighted by Crippen LogP contribution is 2.18. The van der Waals surface area contributed by atoms with Crippen molar-refractivity contribution in [3.63, 3.8) is 0 Å². The topological polar surface area (TPSA) is 18.5 Å². The van der Waals surface area contributed by atoms with Gasteiger partial charge in [-0.1, -0.05) is 39.8 Å². The zero-order chi connectivity index (χ0) is 15.2. The van der Waals surface area contributed by atoms with Crippen molar-refractivity contribution in [3.05, 3.63) is 29.8 Å². The molecule has 21 heavy (non-hydrogen) atoms. The third-order valence-electron chi connectivity index (χ3n) is 4.01. The SMILES string of the molecule is CC(C)CN1CCN(c2ccc(CNC(C)C)cc2)CC1. The van der Waals surface area contributed by atoms with Crippen LogP contribution < -0.4 is 10.2 Å². The van der Waals surface area contributed by atoms with Gasteiger partial charge < -0.3 is 10.2 Å². The van der Waals surface area contributed by atoms with Crippen molar-refractivity contribution >= 4 is 5.69 Å². The summed E-state index contributed by atoms with van der Waals surface area (Å²) in [5.74, 6) is 0.768. The fourth-order valence-electron chi connectivity index (χ4n) is 2.85. The predicted molar refractivity (Wildman–Crippen MR) is 91.9 cm³/mol. The molecule has 3 heteroatoms. The fraction of sp³-hybridized carbons (Fsp3) is 0.667. The molecule has 0 atom stereocenters. The van der Waals surface area contributed by atoms with Crippen molar-refractivity contribution in [2.24, 2.45) is 5.92 Å². The van der Waals surface area contributed by atoms with Crippen LogP contribution in [0.1, 0.15) is 33.3 Å². The molecule has 1 aromatic carbocycles. The van der Waals surface area contributed by atoms with Gasteiger partial charge in [0, 0.05) is 51.0 Å². The van der Waals surface area contributed by atoms with Crippen LogP contribution in [0.4, 0.5) is 5.69 Å². The van der Waals surface area contributed by atoms with E-state index in [4.69, 9.17) is 0 Å². The molecule has 0 saturated carbocycles. The highest BCUT2D eigenvalue weighted by atomic mass is 15.3. The summed E-state index contributed by atoms with van der Waals surface area (Å²) in [7, 11) is 0. The monoisotopic (exact) mass is 289 g/mol. The molecular weight excluding hydrogens is 258 g/mol. The Hall–Kier alpha value is -1.06. The summed E-state index contributed by atoms with van der Waals surface area (Å²) >= 11 is 0. The average molecular weight is 289 g/mol. The minimum Gasteiger partial charge on any atom is -0.369 e. The van der Waals surface area contributed by atoms with Crippen LogP contribution in [0.25, 0.3) is 0 Å². The normalized spacial score (nSPS) is 17.0. The van der Waals surface area contributed by atoms with E-state index < -0.39 is 0 Å². The highest BCUT2D eigenvalue weighted by Gasteiger charge is 2.17. The zero-order valence-electron chi connectivity index (χ0n) is 14.1. The molecule has 1 aliphatic heterocycles. The molecule has 1 heterocycles. The zero-order valence-corrected chi connectivity index (χ0v) is 14.1. The van der Waals surface area contributed by atoms with Crippen LogP contribution in [-0.2, 0) is 6.54 Å². The summed E-state index contributed by atoms with van der Waals surface area (Å²) in [6.07, 6.45) is 0. The minimum absolute atomic E-state index is 0.540. The van der Waals surface area contributed by atoms with E-state index >= 15 is 0 Å². The van der Waals surface area contributed by atoms with Crippen molar-refractivity contribution in [3.8, 4) is 0 Å². The molecule has 0 radical (unpaired) electrons. The van der Waals surface area contributed by atoms with Crippen molar-refractivity contribution < 1.29 is 0 Å². The van der Waals surface area contributed by atoms with E-state index in [1.165, 1.54) is 30.9 Å². The van der Waals surface area contributed by atoms with Crippen LogP contribution in [0.2, 0.25) is 0 Å². The summed E-state index contributed by atoms with van der Waals surface area (Å²) in [5.41, 5.74) is 2.73. The molecule has 2 rings (SSSR count). The van der Waals surface area contributed by atoms with Crippen LogP contribution in [-0.4, -0.2) is 43.7 Å². The number of nitrogens with one attached hydrogen (secondary N) is 1.